The van der Waals surface area contributed by atoms with Gasteiger partial charge in [-0.15, -0.1) is 0 Å². The average Bonchev–Trinajstić information content (AvgIpc) is 3.06. The number of carbonyl (C=O) groups is 2. The number of rotatable bonds is 14. The standard InChI is InChI=1S/C36H40ClN3O5S/c1-5-27(3)38-36(42)34(23-28-13-8-6-9-14-28)39(24-29-15-12-16-31(22-29)45-4)35(41)25-40(33-20-19-30(37)21-26(33)2)46(43,44)32-17-10-7-11-18-32/h6-22,27,34H,5,23-25H2,1-4H3,(H,38,42)/t27-,34-/m1/s1. The maximum Gasteiger partial charge on any atom is 0.264 e. The number of ether oxygens (including phenoxy) is 1. The maximum atomic E-state index is 14.6. The zero-order chi connectivity index (χ0) is 33.3. The molecule has 0 saturated carbocycles. The fourth-order valence-electron chi connectivity index (χ4n) is 5.09. The van der Waals surface area contributed by atoms with E-state index in [1.807, 2.05) is 56.3 Å². The molecular formula is C36H40ClN3O5S. The summed E-state index contributed by atoms with van der Waals surface area (Å²) in [6, 6.07) is 28.4. The number of methoxy groups -OCH3 is 1. The molecular weight excluding hydrogens is 622 g/mol. The lowest BCUT2D eigenvalue weighted by Gasteiger charge is -2.34. The van der Waals surface area contributed by atoms with Crippen molar-refractivity contribution in [1.82, 2.24) is 10.2 Å². The predicted octanol–water partition coefficient (Wildman–Crippen LogP) is 6.41. The third kappa shape index (κ3) is 8.68. The second-order valence-electron chi connectivity index (χ2n) is 11.2. The number of halogens is 1. The van der Waals surface area contributed by atoms with E-state index in [4.69, 9.17) is 16.3 Å². The monoisotopic (exact) mass is 661 g/mol. The number of hydrogen-bond donors (Lipinski definition) is 1. The third-order valence-electron chi connectivity index (χ3n) is 7.80. The Morgan fingerprint density at radius 2 is 1.54 bits per heavy atom. The van der Waals surface area contributed by atoms with Crippen LogP contribution in [0.3, 0.4) is 0 Å². The van der Waals surface area contributed by atoms with Crippen molar-refractivity contribution in [2.45, 2.75) is 57.1 Å². The van der Waals surface area contributed by atoms with E-state index in [1.165, 1.54) is 17.0 Å². The number of nitrogens with one attached hydrogen (secondary N) is 1. The highest BCUT2D eigenvalue weighted by molar-refractivity contribution is 7.92. The highest BCUT2D eigenvalue weighted by atomic mass is 35.5. The molecule has 0 aromatic heterocycles. The summed E-state index contributed by atoms with van der Waals surface area (Å²) in [6.45, 7) is 5.11. The van der Waals surface area contributed by atoms with Crippen molar-refractivity contribution in [3.05, 3.63) is 125 Å². The van der Waals surface area contributed by atoms with E-state index in [2.05, 4.69) is 5.32 Å². The first-order valence-electron chi connectivity index (χ1n) is 15.1. The first-order valence-corrected chi connectivity index (χ1v) is 17.0. The smallest absolute Gasteiger partial charge is 0.264 e. The Hall–Kier alpha value is -4.34. The van der Waals surface area contributed by atoms with E-state index < -0.39 is 28.5 Å². The van der Waals surface area contributed by atoms with E-state index in [0.29, 0.717) is 28.4 Å². The predicted molar refractivity (Wildman–Crippen MR) is 183 cm³/mol. The molecule has 0 aliphatic rings. The Bertz CT molecular complexity index is 1740. The van der Waals surface area contributed by atoms with Crippen LogP contribution >= 0.6 is 11.6 Å². The number of benzene rings is 4. The van der Waals surface area contributed by atoms with Gasteiger partial charge in [-0.3, -0.25) is 13.9 Å². The van der Waals surface area contributed by atoms with Crippen LogP contribution in [0.2, 0.25) is 5.02 Å². The molecule has 0 spiro atoms. The fraction of sp³-hybridized carbons (Fsp3) is 0.278. The van der Waals surface area contributed by atoms with Gasteiger partial charge in [0.05, 0.1) is 17.7 Å². The molecule has 0 unspecified atom stereocenters. The molecule has 10 heteroatoms. The Balaban J connectivity index is 1.83. The minimum atomic E-state index is -4.21. The van der Waals surface area contributed by atoms with Gasteiger partial charge in [0.2, 0.25) is 11.8 Å². The van der Waals surface area contributed by atoms with Crippen LogP contribution in [0.25, 0.3) is 0 Å². The third-order valence-corrected chi connectivity index (χ3v) is 9.81. The summed E-state index contributed by atoms with van der Waals surface area (Å²) in [5.74, 6) is -0.273. The molecule has 4 aromatic carbocycles. The quantitative estimate of drug-likeness (QED) is 0.169. The van der Waals surface area contributed by atoms with Crippen molar-refractivity contribution in [1.29, 1.82) is 0 Å². The van der Waals surface area contributed by atoms with Crippen LogP contribution in [0, 0.1) is 6.92 Å². The molecule has 0 bridgehead atoms. The van der Waals surface area contributed by atoms with Gasteiger partial charge >= 0.3 is 0 Å². The lowest BCUT2D eigenvalue weighted by atomic mass is 10.0. The van der Waals surface area contributed by atoms with Crippen molar-refractivity contribution in [2.24, 2.45) is 0 Å². The van der Waals surface area contributed by atoms with Gasteiger partial charge in [0.1, 0.15) is 18.3 Å². The van der Waals surface area contributed by atoms with Crippen molar-refractivity contribution in [2.75, 3.05) is 18.0 Å². The minimum Gasteiger partial charge on any atom is -0.497 e. The normalized spacial score (nSPS) is 12.5. The lowest BCUT2D eigenvalue weighted by molar-refractivity contribution is -0.140. The highest BCUT2D eigenvalue weighted by Gasteiger charge is 2.35. The summed E-state index contributed by atoms with van der Waals surface area (Å²) in [4.78, 5) is 30.1. The number of carbonyl (C=O) groups excluding carboxylic acids is 2. The van der Waals surface area contributed by atoms with Crippen LogP contribution in [0.15, 0.2) is 108 Å². The SMILES string of the molecule is CC[C@@H](C)NC(=O)[C@@H](Cc1ccccc1)N(Cc1cccc(OC)c1)C(=O)CN(c1ccc(Cl)cc1C)S(=O)(=O)c1ccccc1. The Morgan fingerprint density at radius 1 is 0.891 bits per heavy atom. The molecule has 0 fully saturated rings. The number of hydrogen-bond acceptors (Lipinski definition) is 5. The summed E-state index contributed by atoms with van der Waals surface area (Å²) >= 11 is 6.23. The van der Waals surface area contributed by atoms with Gasteiger partial charge in [-0.1, -0.05) is 79.2 Å². The van der Waals surface area contributed by atoms with Crippen LogP contribution < -0.4 is 14.4 Å². The molecule has 2 amide bonds. The fourth-order valence-corrected chi connectivity index (χ4v) is 6.82. The molecule has 46 heavy (non-hydrogen) atoms. The summed E-state index contributed by atoms with van der Waals surface area (Å²) in [5.41, 5.74) is 2.47. The van der Waals surface area contributed by atoms with Crippen LogP contribution in [0.4, 0.5) is 5.69 Å². The van der Waals surface area contributed by atoms with Gasteiger partial charge in [-0.05, 0) is 79.4 Å². The Kier molecular flexibility index (Phi) is 11.8. The summed E-state index contributed by atoms with van der Waals surface area (Å²) in [7, 11) is -2.65. The van der Waals surface area contributed by atoms with Crippen molar-refractivity contribution < 1.29 is 22.7 Å². The number of amides is 2. The lowest BCUT2D eigenvalue weighted by Crippen LogP contribution is -2.54. The summed E-state index contributed by atoms with van der Waals surface area (Å²) in [6.07, 6.45) is 0.927. The van der Waals surface area contributed by atoms with Crippen LogP contribution in [-0.2, 0) is 32.6 Å². The molecule has 1 N–H and O–H groups in total. The molecule has 4 aromatic rings. The van der Waals surface area contributed by atoms with Crippen LogP contribution in [-0.4, -0.2) is 50.9 Å². The van der Waals surface area contributed by atoms with Crippen molar-refractivity contribution >= 4 is 39.1 Å². The van der Waals surface area contributed by atoms with Crippen LogP contribution in [0.1, 0.15) is 37.0 Å². The maximum absolute atomic E-state index is 14.6. The second-order valence-corrected chi connectivity index (χ2v) is 13.5. The number of aryl methyl sites for hydroxylation is 1. The van der Waals surface area contributed by atoms with Gasteiger partial charge in [0.25, 0.3) is 10.0 Å². The molecule has 0 heterocycles. The van der Waals surface area contributed by atoms with Gasteiger partial charge in [-0.25, -0.2) is 8.42 Å². The van der Waals surface area contributed by atoms with E-state index >= 15 is 0 Å². The highest BCUT2D eigenvalue weighted by Crippen LogP contribution is 2.30. The first-order chi connectivity index (χ1) is 22.0. The molecule has 8 nitrogen and oxygen atoms in total. The van der Waals surface area contributed by atoms with Gasteiger partial charge in [-0.2, -0.15) is 0 Å². The Morgan fingerprint density at radius 3 is 2.17 bits per heavy atom. The van der Waals surface area contributed by atoms with E-state index in [0.717, 1.165) is 15.4 Å². The first kappa shape index (κ1) is 34.5. The van der Waals surface area contributed by atoms with Gasteiger partial charge in [0, 0.05) is 24.0 Å². The van der Waals surface area contributed by atoms with E-state index in [9.17, 15) is 18.0 Å². The Labute approximate surface area is 277 Å². The molecule has 0 aliphatic heterocycles. The van der Waals surface area contributed by atoms with E-state index in [-0.39, 0.29) is 29.8 Å². The largest absolute Gasteiger partial charge is 0.497 e. The minimum absolute atomic E-state index is 0.0341. The topological polar surface area (TPSA) is 96.0 Å². The van der Waals surface area contributed by atoms with Gasteiger partial charge < -0.3 is 15.0 Å². The molecule has 4 rings (SSSR count). The molecule has 0 radical (unpaired) electrons. The van der Waals surface area contributed by atoms with Crippen molar-refractivity contribution in [3.63, 3.8) is 0 Å². The molecule has 242 valence electrons. The summed E-state index contributed by atoms with van der Waals surface area (Å²) in [5, 5.41) is 3.48. The van der Waals surface area contributed by atoms with Gasteiger partial charge in [0.15, 0.2) is 0 Å². The van der Waals surface area contributed by atoms with Crippen molar-refractivity contribution in [3.8, 4) is 5.75 Å². The molecule has 2 atom stereocenters. The zero-order valence-electron chi connectivity index (χ0n) is 26.5. The zero-order valence-corrected chi connectivity index (χ0v) is 28.1. The van der Waals surface area contributed by atoms with Crippen LogP contribution in [0.5, 0.6) is 5.75 Å². The molecule has 0 aliphatic carbocycles. The second kappa shape index (κ2) is 15.8. The molecule has 0 saturated heterocycles. The number of anilines is 1. The number of sulfonamides is 1. The average molecular weight is 662 g/mol. The van der Waals surface area contributed by atoms with E-state index in [1.54, 1.807) is 62.6 Å². The summed E-state index contributed by atoms with van der Waals surface area (Å²) < 4.78 is 34.9. The number of nitrogens with zero attached hydrogens (tertiary/aromatic N) is 2.